The molecule has 0 saturated heterocycles. The molecule has 0 radical (unpaired) electrons. The van der Waals surface area contributed by atoms with Crippen molar-refractivity contribution < 1.29 is 19.4 Å². The van der Waals surface area contributed by atoms with E-state index in [0.717, 1.165) is 5.56 Å². The Bertz CT molecular complexity index is 607. The molecule has 0 fully saturated rings. The van der Waals surface area contributed by atoms with Crippen LogP contribution in [0.25, 0.3) is 0 Å². The van der Waals surface area contributed by atoms with Crippen molar-refractivity contribution in [1.82, 2.24) is 0 Å². The number of benzene rings is 2. The summed E-state index contributed by atoms with van der Waals surface area (Å²) in [5.41, 5.74) is 1.54. The van der Waals surface area contributed by atoms with Gasteiger partial charge >= 0.3 is 5.97 Å². The molecule has 2 aromatic rings. The average molecular weight is 286 g/mol. The second kappa shape index (κ2) is 7.45. The first kappa shape index (κ1) is 15.1. The van der Waals surface area contributed by atoms with Crippen LogP contribution < -0.4 is 4.74 Å². The van der Waals surface area contributed by atoms with E-state index in [1.54, 1.807) is 25.1 Å². The molecule has 0 unspecified atom stereocenters. The van der Waals surface area contributed by atoms with E-state index in [1.165, 1.54) is 0 Å². The number of carbonyl (C=O) groups excluding carboxylic acids is 1. The van der Waals surface area contributed by atoms with Crippen molar-refractivity contribution in [1.29, 1.82) is 0 Å². The van der Waals surface area contributed by atoms with Crippen LogP contribution in [-0.2, 0) is 22.6 Å². The lowest BCUT2D eigenvalue weighted by Gasteiger charge is -2.10. The van der Waals surface area contributed by atoms with Crippen LogP contribution in [0.4, 0.5) is 0 Å². The van der Waals surface area contributed by atoms with Gasteiger partial charge in [0, 0.05) is 5.56 Å². The van der Waals surface area contributed by atoms with Gasteiger partial charge in [-0.25, -0.2) is 0 Å². The van der Waals surface area contributed by atoms with E-state index in [9.17, 15) is 9.90 Å². The highest BCUT2D eigenvalue weighted by Gasteiger charge is 2.07. The van der Waals surface area contributed by atoms with Gasteiger partial charge in [-0.05, 0) is 30.7 Å². The quantitative estimate of drug-likeness (QED) is 0.829. The molecule has 0 aliphatic carbocycles. The largest absolute Gasteiger partial charge is 0.466 e. The molecule has 0 spiro atoms. The molecule has 0 amide bonds. The van der Waals surface area contributed by atoms with Gasteiger partial charge in [-0.15, -0.1) is 0 Å². The van der Waals surface area contributed by atoms with Crippen LogP contribution in [0, 0.1) is 0 Å². The summed E-state index contributed by atoms with van der Waals surface area (Å²) in [6.07, 6.45) is 0.215. The second-order valence-electron chi connectivity index (χ2n) is 4.50. The maximum absolute atomic E-state index is 11.5. The summed E-state index contributed by atoms with van der Waals surface area (Å²) in [5.74, 6) is 0.969. The van der Waals surface area contributed by atoms with Crippen LogP contribution in [0.1, 0.15) is 18.1 Å². The first-order valence-electron chi connectivity index (χ1n) is 6.84. The first-order valence-corrected chi connectivity index (χ1v) is 6.84. The molecule has 0 heterocycles. The molecule has 0 bridgehead atoms. The Kier molecular flexibility index (Phi) is 5.35. The molecule has 21 heavy (non-hydrogen) atoms. The molecule has 0 aliphatic rings. The summed E-state index contributed by atoms with van der Waals surface area (Å²) >= 11 is 0. The summed E-state index contributed by atoms with van der Waals surface area (Å²) in [7, 11) is 0. The van der Waals surface area contributed by atoms with Crippen molar-refractivity contribution in [2.24, 2.45) is 0 Å². The lowest BCUT2D eigenvalue weighted by molar-refractivity contribution is -0.142. The zero-order chi connectivity index (χ0) is 15.1. The lowest BCUT2D eigenvalue weighted by atomic mass is 10.1. The molecule has 2 aromatic carbocycles. The smallest absolute Gasteiger partial charge is 0.310 e. The highest BCUT2D eigenvalue weighted by atomic mass is 16.5. The van der Waals surface area contributed by atoms with E-state index in [4.69, 9.17) is 9.47 Å². The fraction of sp³-hybridized carbons (Fsp3) is 0.235. The summed E-state index contributed by atoms with van der Waals surface area (Å²) in [6.45, 7) is 2.07. The fourth-order valence-corrected chi connectivity index (χ4v) is 1.96. The highest BCUT2D eigenvalue weighted by Crippen LogP contribution is 2.26. The second-order valence-corrected chi connectivity index (χ2v) is 4.50. The zero-order valence-electron chi connectivity index (χ0n) is 11.9. The lowest BCUT2D eigenvalue weighted by Crippen LogP contribution is -2.07. The normalized spacial score (nSPS) is 10.2. The van der Waals surface area contributed by atoms with Crippen LogP contribution in [0.3, 0.4) is 0 Å². The van der Waals surface area contributed by atoms with Crippen molar-refractivity contribution in [2.75, 3.05) is 6.61 Å². The number of hydrogen-bond acceptors (Lipinski definition) is 4. The number of esters is 1. The topological polar surface area (TPSA) is 55.8 Å². The van der Waals surface area contributed by atoms with Crippen LogP contribution >= 0.6 is 0 Å². The number of para-hydroxylation sites is 1. The zero-order valence-corrected chi connectivity index (χ0v) is 11.9. The molecule has 4 nitrogen and oxygen atoms in total. The van der Waals surface area contributed by atoms with Gasteiger partial charge < -0.3 is 14.6 Å². The monoisotopic (exact) mass is 286 g/mol. The molecular formula is C17H18O4. The van der Waals surface area contributed by atoms with Gasteiger partial charge in [-0.3, -0.25) is 4.79 Å². The Hall–Kier alpha value is -2.33. The third-order valence-electron chi connectivity index (χ3n) is 2.92. The molecule has 1 N–H and O–H groups in total. The molecule has 0 atom stereocenters. The van der Waals surface area contributed by atoms with Gasteiger partial charge in [0.15, 0.2) is 0 Å². The van der Waals surface area contributed by atoms with E-state index >= 15 is 0 Å². The summed E-state index contributed by atoms with van der Waals surface area (Å²) in [4.78, 5) is 11.5. The van der Waals surface area contributed by atoms with Crippen molar-refractivity contribution >= 4 is 5.97 Å². The van der Waals surface area contributed by atoms with Crippen molar-refractivity contribution in [3.8, 4) is 11.5 Å². The SMILES string of the molecule is CCOC(=O)Cc1cccc(Oc2ccccc2CO)c1. The Balaban J connectivity index is 2.12. The molecule has 0 aliphatic heterocycles. The Morgan fingerprint density at radius 3 is 2.71 bits per heavy atom. The van der Waals surface area contributed by atoms with Gasteiger partial charge in [0.05, 0.1) is 19.6 Å². The Morgan fingerprint density at radius 2 is 1.95 bits per heavy atom. The molecule has 4 heteroatoms. The van der Waals surface area contributed by atoms with E-state index in [-0.39, 0.29) is 19.0 Å². The Morgan fingerprint density at radius 1 is 1.14 bits per heavy atom. The number of ether oxygens (including phenoxy) is 2. The van der Waals surface area contributed by atoms with Gasteiger partial charge in [-0.2, -0.15) is 0 Å². The van der Waals surface area contributed by atoms with E-state index in [0.29, 0.717) is 23.7 Å². The maximum Gasteiger partial charge on any atom is 0.310 e. The predicted molar refractivity (Wildman–Crippen MR) is 79.2 cm³/mol. The minimum absolute atomic E-state index is 0.0846. The van der Waals surface area contributed by atoms with E-state index in [2.05, 4.69) is 0 Å². The first-order chi connectivity index (χ1) is 10.2. The minimum atomic E-state index is -0.259. The molecule has 110 valence electrons. The Labute approximate surface area is 123 Å². The summed E-state index contributed by atoms with van der Waals surface area (Å²) in [6, 6.07) is 14.6. The standard InChI is InChI=1S/C17H18O4/c1-2-20-17(19)11-13-6-5-8-15(10-13)21-16-9-4-3-7-14(16)12-18/h3-10,18H,2,11-12H2,1H3. The van der Waals surface area contributed by atoms with Gasteiger partial charge in [0.25, 0.3) is 0 Å². The van der Waals surface area contributed by atoms with Crippen LogP contribution in [0.15, 0.2) is 48.5 Å². The number of hydrogen-bond donors (Lipinski definition) is 1. The third kappa shape index (κ3) is 4.33. The van der Waals surface area contributed by atoms with Crippen molar-refractivity contribution in [3.05, 3.63) is 59.7 Å². The summed E-state index contributed by atoms with van der Waals surface area (Å²) < 4.78 is 10.7. The number of aliphatic hydroxyl groups is 1. The van der Waals surface area contributed by atoms with E-state index in [1.807, 2.05) is 30.3 Å². The average Bonchev–Trinajstić information content (AvgIpc) is 2.48. The van der Waals surface area contributed by atoms with Gasteiger partial charge in [0.1, 0.15) is 11.5 Å². The molecular weight excluding hydrogens is 268 g/mol. The highest BCUT2D eigenvalue weighted by molar-refractivity contribution is 5.72. The van der Waals surface area contributed by atoms with Crippen molar-refractivity contribution in [3.63, 3.8) is 0 Å². The molecule has 0 aromatic heterocycles. The third-order valence-corrected chi connectivity index (χ3v) is 2.92. The molecule has 0 saturated carbocycles. The number of aliphatic hydroxyl groups excluding tert-OH is 1. The van der Waals surface area contributed by atoms with Gasteiger partial charge in [0.2, 0.25) is 0 Å². The van der Waals surface area contributed by atoms with Crippen LogP contribution in [0.2, 0.25) is 0 Å². The van der Waals surface area contributed by atoms with Crippen LogP contribution in [-0.4, -0.2) is 17.7 Å². The summed E-state index contributed by atoms with van der Waals surface area (Å²) in [5, 5.41) is 9.29. The maximum atomic E-state index is 11.5. The van der Waals surface area contributed by atoms with Crippen molar-refractivity contribution in [2.45, 2.75) is 20.0 Å². The van der Waals surface area contributed by atoms with E-state index < -0.39 is 0 Å². The fourth-order valence-electron chi connectivity index (χ4n) is 1.96. The van der Waals surface area contributed by atoms with Crippen LogP contribution in [0.5, 0.6) is 11.5 Å². The number of rotatable bonds is 6. The number of carbonyl (C=O) groups is 1. The predicted octanol–water partition coefficient (Wildman–Crippen LogP) is 3.08. The molecule has 2 rings (SSSR count). The minimum Gasteiger partial charge on any atom is -0.466 e. The van der Waals surface area contributed by atoms with Gasteiger partial charge in [-0.1, -0.05) is 30.3 Å².